The fraction of sp³-hybridized carbons (Fsp3) is 0.0811. The van der Waals surface area contributed by atoms with E-state index in [4.69, 9.17) is 9.97 Å². The summed E-state index contributed by atoms with van der Waals surface area (Å²) in [6.07, 6.45) is 1.00. The van der Waals surface area contributed by atoms with Gasteiger partial charge in [-0.15, -0.1) is 0 Å². The summed E-state index contributed by atoms with van der Waals surface area (Å²) in [5, 5.41) is 0. The summed E-state index contributed by atoms with van der Waals surface area (Å²) < 4.78 is 0. The topological polar surface area (TPSA) is 25.8 Å². The molecule has 1 unspecified atom stereocenters. The van der Waals surface area contributed by atoms with Gasteiger partial charge in [-0.3, -0.25) is 0 Å². The van der Waals surface area contributed by atoms with Crippen LogP contribution in [0, 0.1) is 0 Å². The summed E-state index contributed by atoms with van der Waals surface area (Å²) in [5.41, 5.74) is 10.8. The maximum Gasteiger partial charge on any atom is 0.160 e. The van der Waals surface area contributed by atoms with E-state index < -0.39 is 5.41 Å². The first-order valence-corrected chi connectivity index (χ1v) is 13.6. The van der Waals surface area contributed by atoms with Gasteiger partial charge in [-0.1, -0.05) is 146 Å². The van der Waals surface area contributed by atoms with Crippen LogP contribution < -0.4 is 0 Å². The SMILES string of the molecule is CCc1ccc(C2(c3ccccc3)c3ccccc3-c3c(-c4ccccc4)nc(-c4ccccc4)nc32)cc1. The molecule has 0 bridgehead atoms. The molecule has 5 aromatic carbocycles. The van der Waals surface area contributed by atoms with Crippen LogP contribution in [0.15, 0.2) is 140 Å². The van der Waals surface area contributed by atoms with Gasteiger partial charge < -0.3 is 0 Å². The van der Waals surface area contributed by atoms with Gasteiger partial charge >= 0.3 is 0 Å². The van der Waals surface area contributed by atoms with E-state index in [0.29, 0.717) is 0 Å². The van der Waals surface area contributed by atoms with Gasteiger partial charge in [-0.2, -0.15) is 0 Å². The Morgan fingerprint density at radius 2 is 1.10 bits per heavy atom. The highest BCUT2D eigenvalue weighted by Gasteiger charge is 2.49. The normalized spacial score (nSPS) is 15.5. The minimum absolute atomic E-state index is 0.574. The number of nitrogens with zero attached hydrogens (tertiary/aromatic N) is 2. The lowest BCUT2D eigenvalue weighted by molar-refractivity contribution is 0.735. The molecule has 0 N–H and O–H groups in total. The Morgan fingerprint density at radius 1 is 0.538 bits per heavy atom. The summed E-state index contributed by atoms with van der Waals surface area (Å²) in [6, 6.07) is 49.6. The highest BCUT2D eigenvalue weighted by atomic mass is 14.9. The van der Waals surface area contributed by atoms with E-state index in [9.17, 15) is 0 Å². The van der Waals surface area contributed by atoms with E-state index in [0.717, 1.165) is 40.3 Å². The molecule has 0 saturated heterocycles. The van der Waals surface area contributed by atoms with Crippen LogP contribution in [0.3, 0.4) is 0 Å². The van der Waals surface area contributed by atoms with Gasteiger partial charge in [0.2, 0.25) is 0 Å². The molecule has 1 aliphatic carbocycles. The third-order valence-electron chi connectivity index (χ3n) is 7.95. The van der Waals surface area contributed by atoms with E-state index in [-0.39, 0.29) is 0 Å². The molecule has 0 saturated carbocycles. The molecule has 186 valence electrons. The maximum absolute atomic E-state index is 5.46. The van der Waals surface area contributed by atoms with Gasteiger partial charge in [0.25, 0.3) is 0 Å². The van der Waals surface area contributed by atoms with E-state index in [1.54, 1.807) is 0 Å². The summed E-state index contributed by atoms with van der Waals surface area (Å²) in [4.78, 5) is 10.7. The molecule has 0 spiro atoms. The smallest absolute Gasteiger partial charge is 0.160 e. The second-order valence-corrected chi connectivity index (χ2v) is 10.1. The van der Waals surface area contributed by atoms with Gasteiger partial charge in [-0.25, -0.2) is 9.97 Å². The third kappa shape index (κ3) is 3.64. The average Bonchev–Trinajstić information content (AvgIpc) is 3.33. The minimum Gasteiger partial charge on any atom is -0.231 e. The van der Waals surface area contributed by atoms with Crippen molar-refractivity contribution < 1.29 is 0 Å². The molecule has 0 amide bonds. The summed E-state index contributed by atoms with van der Waals surface area (Å²) in [7, 11) is 0. The van der Waals surface area contributed by atoms with Crippen molar-refractivity contribution in [3.05, 3.63) is 167 Å². The molecular weight excluding hydrogens is 472 g/mol. The zero-order valence-corrected chi connectivity index (χ0v) is 21.9. The van der Waals surface area contributed by atoms with E-state index in [1.807, 2.05) is 6.07 Å². The van der Waals surface area contributed by atoms with Crippen molar-refractivity contribution in [2.24, 2.45) is 0 Å². The Balaban J connectivity index is 1.66. The molecule has 1 aromatic heterocycles. The van der Waals surface area contributed by atoms with Crippen molar-refractivity contribution in [2.45, 2.75) is 18.8 Å². The molecule has 0 aliphatic heterocycles. The lowest BCUT2D eigenvalue weighted by Gasteiger charge is -2.33. The van der Waals surface area contributed by atoms with Crippen LogP contribution in [-0.2, 0) is 11.8 Å². The van der Waals surface area contributed by atoms with E-state index in [2.05, 4.69) is 140 Å². The predicted molar refractivity (Wildman–Crippen MR) is 160 cm³/mol. The van der Waals surface area contributed by atoms with Crippen LogP contribution in [0.5, 0.6) is 0 Å². The second-order valence-electron chi connectivity index (χ2n) is 10.1. The summed E-state index contributed by atoms with van der Waals surface area (Å²) in [6.45, 7) is 2.20. The fourth-order valence-corrected chi connectivity index (χ4v) is 6.09. The Morgan fingerprint density at radius 3 is 1.77 bits per heavy atom. The van der Waals surface area contributed by atoms with Crippen molar-refractivity contribution >= 4 is 0 Å². The largest absolute Gasteiger partial charge is 0.231 e. The van der Waals surface area contributed by atoms with Crippen LogP contribution in [0.1, 0.15) is 34.9 Å². The average molecular weight is 501 g/mol. The third-order valence-corrected chi connectivity index (χ3v) is 7.95. The summed E-state index contributed by atoms with van der Waals surface area (Å²) >= 11 is 0. The minimum atomic E-state index is -0.574. The molecule has 1 aliphatic rings. The number of fused-ring (bicyclic) bond motifs is 3. The maximum atomic E-state index is 5.46. The van der Waals surface area contributed by atoms with Gasteiger partial charge in [-0.05, 0) is 34.2 Å². The highest BCUT2D eigenvalue weighted by molar-refractivity contribution is 5.93. The lowest BCUT2D eigenvalue weighted by atomic mass is 9.69. The fourth-order valence-electron chi connectivity index (χ4n) is 6.09. The number of hydrogen-bond donors (Lipinski definition) is 0. The zero-order chi connectivity index (χ0) is 26.2. The molecule has 39 heavy (non-hydrogen) atoms. The van der Waals surface area contributed by atoms with Crippen molar-refractivity contribution in [1.82, 2.24) is 9.97 Å². The molecule has 1 heterocycles. The van der Waals surface area contributed by atoms with Gasteiger partial charge in [0.05, 0.1) is 16.8 Å². The number of benzene rings is 5. The Hall–Kier alpha value is -4.82. The number of hydrogen-bond acceptors (Lipinski definition) is 2. The van der Waals surface area contributed by atoms with Crippen molar-refractivity contribution in [2.75, 3.05) is 0 Å². The molecule has 0 radical (unpaired) electrons. The van der Waals surface area contributed by atoms with Gasteiger partial charge in [0, 0.05) is 16.7 Å². The molecule has 2 nitrogen and oxygen atoms in total. The van der Waals surface area contributed by atoms with Crippen molar-refractivity contribution in [3.63, 3.8) is 0 Å². The monoisotopic (exact) mass is 500 g/mol. The van der Waals surface area contributed by atoms with Crippen molar-refractivity contribution in [3.8, 4) is 33.8 Å². The Bertz CT molecular complexity index is 1760. The first-order chi connectivity index (χ1) is 19.3. The number of aromatic nitrogens is 2. The highest BCUT2D eigenvalue weighted by Crippen LogP contribution is 2.57. The predicted octanol–water partition coefficient (Wildman–Crippen LogP) is 8.74. The second kappa shape index (κ2) is 9.49. The number of rotatable bonds is 5. The lowest BCUT2D eigenvalue weighted by Crippen LogP contribution is -2.30. The van der Waals surface area contributed by atoms with Crippen molar-refractivity contribution in [1.29, 1.82) is 0 Å². The first kappa shape index (κ1) is 23.3. The summed E-state index contributed by atoms with van der Waals surface area (Å²) in [5.74, 6) is 0.742. The van der Waals surface area contributed by atoms with Crippen LogP contribution in [0.4, 0.5) is 0 Å². The molecule has 6 aromatic rings. The van der Waals surface area contributed by atoms with Crippen LogP contribution in [0.2, 0.25) is 0 Å². The Labute approximate surface area is 229 Å². The molecule has 0 fully saturated rings. The first-order valence-electron chi connectivity index (χ1n) is 13.6. The van der Waals surface area contributed by atoms with Crippen LogP contribution in [0.25, 0.3) is 33.8 Å². The molecule has 1 atom stereocenters. The van der Waals surface area contributed by atoms with Gasteiger partial charge in [0.1, 0.15) is 0 Å². The molecular formula is C37H28N2. The molecule has 7 rings (SSSR count). The van der Waals surface area contributed by atoms with E-state index >= 15 is 0 Å². The molecule has 2 heteroatoms. The Kier molecular flexibility index (Phi) is 5.67. The van der Waals surface area contributed by atoms with Crippen LogP contribution in [-0.4, -0.2) is 9.97 Å². The standard InChI is InChI=1S/C37H28N2/c1-2-26-22-24-30(25-23-26)37(29-18-10-5-11-19-29)32-21-13-12-20-31(32)33-34(27-14-6-3-7-15-27)38-36(39-35(33)37)28-16-8-4-9-17-28/h3-25H,2H2,1H3. The quantitative estimate of drug-likeness (QED) is 0.236. The van der Waals surface area contributed by atoms with E-state index in [1.165, 1.54) is 27.8 Å². The zero-order valence-electron chi connectivity index (χ0n) is 21.9. The van der Waals surface area contributed by atoms with Crippen LogP contribution >= 0.6 is 0 Å². The van der Waals surface area contributed by atoms with Gasteiger partial charge in [0.15, 0.2) is 5.82 Å². The number of aryl methyl sites for hydroxylation is 1.